The van der Waals surface area contributed by atoms with Crippen molar-refractivity contribution in [1.82, 2.24) is 14.5 Å². The summed E-state index contributed by atoms with van der Waals surface area (Å²) in [6.45, 7) is 1.83. The summed E-state index contributed by atoms with van der Waals surface area (Å²) in [5, 5.41) is 0.452. The van der Waals surface area contributed by atoms with Gasteiger partial charge in [0.25, 0.3) is 5.91 Å². The van der Waals surface area contributed by atoms with Crippen molar-refractivity contribution in [3.8, 4) is 17.3 Å². The quantitative estimate of drug-likeness (QED) is 0.726. The molecule has 4 rings (SSSR count). The lowest BCUT2D eigenvalue weighted by molar-refractivity contribution is -0.274. The van der Waals surface area contributed by atoms with Crippen LogP contribution in [0.1, 0.15) is 41.2 Å². The van der Waals surface area contributed by atoms with E-state index in [1.54, 1.807) is 12.4 Å². The summed E-state index contributed by atoms with van der Waals surface area (Å²) in [5.41, 5.74) is 7.56. The second-order valence-corrected chi connectivity index (χ2v) is 6.85. The van der Waals surface area contributed by atoms with E-state index in [4.69, 9.17) is 5.73 Å². The normalized spacial score (nSPS) is 14.9. The van der Waals surface area contributed by atoms with Crippen molar-refractivity contribution < 1.29 is 22.7 Å². The molecule has 1 aromatic carbocycles. The predicted octanol–water partition coefficient (Wildman–Crippen LogP) is 4.13. The molecule has 146 valence electrons. The number of primary amides is 1. The third-order valence-corrected chi connectivity index (χ3v) is 4.89. The molecule has 1 aliphatic carbocycles. The molecule has 6 nitrogen and oxygen atoms in total. The van der Waals surface area contributed by atoms with Gasteiger partial charge in [0.1, 0.15) is 11.4 Å². The van der Waals surface area contributed by atoms with Crippen LogP contribution in [0, 0.1) is 6.92 Å². The molecule has 9 heteroatoms. The van der Waals surface area contributed by atoms with Crippen LogP contribution < -0.4 is 10.5 Å². The Balaban J connectivity index is 2.01. The van der Waals surface area contributed by atoms with Gasteiger partial charge in [-0.2, -0.15) is 0 Å². The zero-order valence-electron chi connectivity index (χ0n) is 15.0. The van der Waals surface area contributed by atoms with Crippen LogP contribution in [0.2, 0.25) is 0 Å². The minimum Gasteiger partial charge on any atom is -0.406 e. The van der Waals surface area contributed by atoms with E-state index in [9.17, 15) is 18.0 Å². The van der Waals surface area contributed by atoms with Crippen molar-refractivity contribution in [2.45, 2.75) is 38.6 Å². The van der Waals surface area contributed by atoms with Crippen LogP contribution >= 0.6 is 0 Å². The number of benzene rings is 1. The Hall–Kier alpha value is -3.10. The molecule has 1 amide bonds. The van der Waals surface area contributed by atoms with Gasteiger partial charge in [0.05, 0.1) is 11.1 Å². The molecule has 0 aliphatic heterocycles. The predicted molar refractivity (Wildman–Crippen MR) is 95.8 cm³/mol. The van der Waals surface area contributed by atoms with Crippen LogP contribution in [0.25, 0.3) is 22.4 Å². The average molecular weight is 390 g/mol. The van der Waals surface area contributed by atoms with Gasteiger partial charge in [-0.15, -0.1) is 13.2 Å². The van der Waals surface area contributed by atoms with Crippen molar-refractivity contribution in [1.29, 1.82) is 0 Å². The zero-order valence-corrected chi connectivity index (χ0v) is 15.0. The number of amides is 1. The maximum Gasteiger partial charge on any atom is 0.573 e. The third kappa shape index (κ3) is 3.17. The second-order valence-electron chi connectivity index (χ2n) is 6.85. The highest BCUT2D eigenvalue weighted by Crippen LogP contribution is 2.43. The minimum absolute atomic E-state index is 0.0247. The number of hydrogen-bond donors (Lipinski definition) is 1. The molecule has 1 aliphatic rings. The number of alkyl halides is 3. The molecule has 2 aromatic heterocycles. The van der Waals surface area contributed by atoms with Crippen molar-refractivity contribution in [3.63, 3.8) is 0 Å². The molecular weight excluding hydrogens is 373 g/mol. The maximum atomic E-state index is 12.7. The van der Waals surface area contributed by atoms with E-state index in [1.807, 2.05) is 11.5 Å². The van der Waals surface area contributed by atoms with Crippen LogP contribution in [0.3, 0.4) is 0 Å². The van der Waals surface area contributed by atoms with E-state index in [-0.39, 0.29) is 17.4 Å². The lowest BCUT2D eigenvalue weighted by atomic mass is 9.92. The number of ether oxygens (including phenoxy) is 1. The van der Waals surface area contributed by atoms with Gasteiger partial charge in [-0.1, -0.05) is 0 Å². The van der Waals surface area contributed by atoms with Gasteiger partial charge >= 0.3 is 6.36 Å². The van der Waals surface area contributed by atoms with Gasteiger partial charge in [0, 0.05) is 29.9 Å². The highest BCUT2D eigenvalue weighted by molar-refractivity contribution is 6.12. The Bertz CT molecular complexity index is 1050. The van der Waals surface area contributed by atoms with Crippen LogP contribution in [0.5, 0.6) is 5.75 Å². The number of nitrogens with zero attached hydrogens (tertiary/aromatic N) is 3. The van der Waals surface area contributed by atoms with Gasteiger partial charge in [0.2, 0.25) is 0 Å². The van der Waals surface area contributed by atoms with Gasteiger partial charge in [-0.3, -0.25) is 4.79 Å². The van der Waals surface area contributed by atoms with Crippen LogP contribution in [0.15, 0.2) is 30.6 Å². The molecule has 2 N–H and O–H groups in total. The maximum absolute atomic E-state index is 12.7. The van der Waals surface area contributed by atoms with Gasteiger partial charge < -0.3 is 15.0 Å². The Kier molecular flexibility index (Phi) is 4.24. The largest absolute Gasteiger partial charge is 0.573 e. The highest BCUT2D eigenvalue weighted by Gasteiger charge is 2.33. The Morgan fingerprint density at radius 1 is 1.25 bits per heavy atom. The first kappa shape index (κ1) is 18.3. The number of halogens is 3. The van der Waals surface area contributed by atoms with Gasteiger partial charge in [-0.25, -0.2) is 9.97 Å². The SMILES string of the molecule is Cc1cnc(-c2c(C(N)=O)c3ccc(OC(F)(F)F)cc3n2C2CCC2)nc1. The summed E-state index contributed by atoms with van der Waals surface area (Å²) < 4.78 is 43.9. The van der Waals surface area contributed by atoms with Gasteiger partial charge in [0.15, 0.2) is 5.82 Å². The highest BCUT2D eigenvalue weighted by atomic mass is 19.4. The number of rotatable bonds is 4. The average Bonchev–Trinajstić information content (AvgIpc) is 2.87. The second kappa shape index (κ2) is 6.50. The lowest BCUT2D eigenvalue weighted by Gasteiger charge is -2.30. The fourth-order valence-corrected chi connectivity index (χ4v) is 3.50. The lowest BCUT2D eigenvalue weighted by Crippen LogP contribution is -2.20. The molecule has 1 fully saturated rings. The number of fused-ring (bicyclic) bond motifs is 1. The summed E-state index contributed by atoms with van der Waals surface area (Å²) in [4.78, 5) is 20.9. The third-order valence-electron chi connectivity index (χ3n) is 4.89. The molecule has 1 saturated carbocycles. The van der Waals surface area contributed by atoms with Crippen LogP contribution in [-0.2, 0) is 0 Å². The first-order valence-corrected chi connectivity index (χ1v) is 8.77. The molecule has 2 heterocycles. The molecule has 0 saturated heterocycles. The molecule has 28 heavy (non-hydrogen) atoms. The fourth-order valence-electron chi connectivity index (χ4n) is 3.50. The molecule has 0 atom stereocenters. The molecule has 3 aromatic rings. The standard InChI is InChI=1S/C19H17F3N4O2/c1-10-8-24-18(25-9-10)16-15(17(23)27)13-6-5-12(28-19(20,21)22)7-14(13)26(16)11-3-2-4-11/h5-9,11H,2-4H2,1H3,(H2,23,27). The van der Waals surface area contributed by atoms with Crippen molar-refractivity contribution >= 4 is 16.8 Å². The first-order chi connectivity index (χ1) is 13.2. The Labute approximate surface area is 158 Å². The van der Waals surface area contributed by atoms with E-state index in [0.717, 1.165) is 24.8 Å². The van der Waals surface area contributed by atoms with Crippen molar-refractivity contribution in [2.24, 2.45) is 5.73 Å². The summed E-state index contributed by atoms with van der Waals surface area (Å²) in [6.07, 6.45) is 1.10. The van der Waals surface area contributed by atoms with Crippen molar-refractivity contribution in [2.75, 3.05) is 0 Å². The van der Waals surface area contributed by atoms with Gasteiger partial charge in [-0.05, 0) is 43.9 Å². The minimum atomic E-state index is -4.81. The fraction of sp³-hybridized carbons (Fsp3) is 0.316. The zero-order chi connectivity index (χ0) is 20.1. The van der Waals surface area contributed by atoms with E-state index in [1.165, 1.54) is 18.2 Å². The van der Waals surface area contributed by atoms with Crippen LogP contribution in [-0.4, -0.2) is 26.8 Å². The Morgan fingerprint density at radius 2 is 1.93 bits per heavy atom. The Morgan fingerprint density at radius 3 is 2.46 bits per heavy atom. The molecular formula is C19H17F3N4O2. The van der Waals surface area contributed by atoms with E-state index in [2.05, 4.69) is 14.7 Å². The molecule has 0 spiro atoms. The molecule has 0 unspecified atom stereocenters. The number of nitrogens with two attached hydrogens (primary N) is 1. The monoisotopic (exact) mass is 390 g/mol. The first-order valence-electron chi connectivity index (χ1n) is 8.77. The van der Waals surface area contributed by atoms with Crippen molar-refractivity contribution in [3.05, 3.63) is 41.7 Å². The smallest absolute Gasteiger partial charge is 0.406 e. The van der Waals surface area contributed by atoms with E-state index >= 15 is 0 Å². The number of hydrogen-bond acceptors (Lipinski definition) is 4. The topological polar surface area (TPSA) is 83.0 Å². The van der Waals surface area contributed by atoms with E-state index < -0.39 is 12.3 Å². The summed E-state index contributed by atoms with van der Waals surface area (Å²) in [5.74, 6) is -0.738. The summed E-state index contributed by atoms with van der Waals surface area (Å²) in [7, 11) is 0. The molecule has 0 radical (unpaired) electrons. The number of carbonyl (C=O) groups excluding carboxylic acids is 1. The number of aromatic nitrogens is 3. The number of aryl methyl sites for hydroxylation is 1. The number of carbonyl (C=O) groups is 1. The van der Waals surface area contributed by atoms with Crippen LogP contribution in [0.4, 0.5) is 13.2 Å². The molecule has 0 bridgehead atoms. The summed E-state index contributed by atoms with van der Waals surface area (Å²) >= 11 is 0. The van der Waals surface area contributed by atoms with E-state index in [0.29, 0.717) is 22.4 Å². The summed E-state index contributed by atoms with van der Waals surface area (Å²) in [6, 6.07) is 3.90.